The van der Waals surface area contributed by atoms with Crippen molar-refractivity contribution in [1.29, 1.82) is 0 Å². The average Bonchev–Trinajstić information content (AvgIpc) is 3.54. The number of aldehydes is 1. The van der Waals surface area contributed by atoms with Crippen LogP contribution in [0.4, 0.5) is 10.1 Å². The van der Waals surface area contributed by atoms with Crippen LogP contribution < -0.4 is 10.2 Å². The quantitative estimate of drug-likeness (QED) is 0.506. The fourth-order valence-electron chi connectivity index (χ4n) is 5.51. The highest BCUT2D eigenvalue weighted by Gasteiger charge is 2.29. The molecule has 0 radical (unpaired) electrons. The van der Waals surface area contributed by atoms with E-state index in [0.29, 0.717) is 11.6 Å². The van der Waals surface area contributed by atoms with Crippen LogP contribution in [0.5, 0.6) is 0 Å². The third kappa shape index (κ3) is 5.93. The predicted molar refractivity (Wildman–Crippen MR) is 142 cm³/mol. The standard InChI is InChI=1S/C17H23N5O.C11H16FN/c1-13-2-5-21(9-13)15-3-6-20(7-4-15)16-8-14(11-23)10-22-17(16)18-12-19-22;1-8-10(7-13-3)5-4-6-11(8)9(2)12/h8,10-13,15H,2-7,9H2,1H3;4-6,9,13H,7H2,1-3H3. The van der Waals surface area contributed by atoms with E-state index in [9.17, 15) is 9.18 Å². The first-order valence-electron chi connectivity index (χ1n) is 13.1. The minimum Gasteiger partial charge on any atom is -0.368 e. The van der Waals surface area contributed by atoms with Crippen LogP contribution in [0.15, 0.2) is 36.8 Å². The lowest BCUT2D eigenvalue weighted by Gasteiger charge is -2.38. The molecule has 1 aromatic carbocycles. The molecule has 194 valence electrons. The molecular weight excluding hydrogens is 455 g/mol. The Kier molecular flexibility index (Phi) is 8.69. The molecule has 0 spiro atoms. The number of likely N-dealkylation sites (tertiary alicyclic amines) is 1. The van der Waals surface area contributed by atoms with E-state index in [2.05, 4.69) is 32.1 Å². The van der Waals surface area contributed by atoms with Gasteiger partial charge in [-0.2, -0.15) is 5.10 Å². The van der Waals surface area contributed by atoms with Gasteiger partial charge in [-0.25, -0.2) is 13.9 Å². The lowest BCUT2D eigenvalue weighted by Crippen LogP contribution is -2.44. The van der Waals surface area contributed by atoms with Gasteiger partial charge >= 0.3 is 0 Å². The second-order valence-corrected chi connectivity index (χ2v) is 10.2. The topological polar surface area (TPSA) is 65.8 Å². The van der Waals surface area contributed by atoms with Gasteiger partial charge < -0.3 is 10.2 Å². The molecule has 2 fully saturated rings. The number of nitrogens with one attached hydrogen (secondary N) is 1. The van der Waals surface area contributed by atoms with Crippen LogP contribution in [0.3, 0.4) is 0 Å². The van der Waals surface area contributed by atoms with Gasteiger partial charge in [0.1, 0.15) is 12.5 Å². The number of rotatable bonds is 6. The lowest BCUT2D eigenvalue weighted by molar-refractivity contribution is 0.112. The SMILES string of the molecule is CC1CCN(C2CCN(c3cc(C=O)cn4ncnc34)CC2)C1.CNCc1cccc(C(C)F)c1C. The molecule has 2 aromatic heterocycles. The number of aromatic nitrogens is 3. The fourth-order valence-corrected chi connectivity index (χ4v) is 5.51. The molecule has 1 N–H and O–H groups in total. The Morgan fingerprint density at radius 3 is 2.64 bits per heavy atom. The van der Waals surface area contributed by atoms with E-state index in [4.69, 9.17) is 0 Å². The summed E-state index contributed by atoms with van der Waals surface area (Å²) in [5.41, 5.74) is 5.54. The summed E-state index contributed by atoms with van der Waals surface area (Å²) < 4.78 is 14.8. The number of anilines is 1. The molecule has 2 saturated heterocycles. The Morgan fingerprint density at radius 1 is 1.22 bits per heavy atom. The maximum absolute atomic E-state index is 13.1. The van der Waals surface area contributed by atoms with Crippen LogP contribution in [-0.2, 0) is 6.54 Å². The minimum atomic E-state index is -0.878. The van der Waals surface area contributed by atoms with E-state index in [0.717, 1.165) is 54.3 Å². The summed E-state index contributed by atoms with van der Waals surface area (Å²) in [6.45, 7) is 11.2. The van der Waals surface area contributed by atoms with Crippen molar-refractivity contribution in [2.24, 2.45) is 5.92 Å². The van der Waals surface area contributed by atoms with Gasteiger partial charge in [-0.05, 0) is 75.4 Å². The first-order chi connectivity index (χ1) is 17.4. The lowest BCUT2D eigenvalue weighted by atomic mass is 10.00. The Balaban J connectivity index is 0.000000200. The normalized spacial score (nSPS) is 19.8. The maximum Gasteiger partial charge on any atom is 0.178 e. The second-order valence-electron chi connectivity index (χ2n) is 10.2. The molecule has 5 rings (SSSR count). The van der Waals surface area contributed by atoms with Gasteiger partial charge in [-0.15, -0.1) is 0 Å². The van der Waals surface area contributed by atoms with Crippen molar-refractivity contribution >= 4 is 17.6 Å². The van der Waals surface area contributed by atoms with Crippen molar-refractivity contribution < 1.29 is 9.18 Å². The molecule has 0 bridgehead atoms. The van der Waals surface area contributed by atoms with Gasteiger partial charge in [0.25, 0.3) is 0 Å². The molecular formula is C28H39FN6O. The van der Waals surface area contributed by atoms with Crippen molar-refractivity contribution in [3.8, 4) is 0 Å². The summed E-state index contributed by atoms with van der Waals surface area (Å²) in [5, 5.41) is 7.25. The van der Waals surface area contributed by atoms with Crippen LogP contribution in [0.25, 0.3) is 5.65 Å². The molecule has 2 atom stereocenters. The van der Waals surface area contributed by atoms with Crippen LogP contribution in [0.2, 0.25) is 0 Å². The monoisotopic (exact) mass is 494 g/mol. The number of halogens is 1. The molecule has 36 heavy (non-hydrogen) atoms. The zero-order valence-electron chi connectivity index (χ0n) is 22.0. The minimum absolute atomic E-state index is 0.647. The predicted octanol–water partition coefficient (Wildman–Crippen LogP) is 4.60. The van der Waals surface area contributed by atoms with E-state index in [1.807, 2.05) is 38.2 Å². The Bertz CT molecular complexity index is 1150. The first kappa shape index (κ1) is 26.2. The van der Waals surface area contributed by atoms with E-state index in [1.165, 1.54) is 37.9 Å². The number of hydrogen-bond donors (Lipinski definition) is 1. The van der Waals surface area contributed by atoms with Crippen LogP contribution >= 0.6 is 0 Å². The summed E-state index contributed by atoms with van der Waals surface area (Å²) in [7, 11) is 1.89. The second kappa shape index (κ2) is 11.9. The van der Waals surface area contributed by atoms with Crippen molar-refractivity contribution in [3.05, 3.63) is 59.0 Å². The molecule has 0 aliphatic carbocycles. The van der Waals surface area contributed by atoms with Crippen molar-refractivity contribution in [3.63, 3.8) is 0 Å². The van der Waals surface area contributed by atoms with Crippen molar-refractivity contribution in [2.45, 2.75) is 58.8 Å². The molecule has 8 heteroatoms. The first-order valence-corrected chi connectivity index (χ1v) is 13.1. The number of fused-ring (bicyclic) bond motifs is 1. The molecule has 2 unspecified atom stereocenters. The fraction of sp³-hybridized carbons (Fsp3) is 0.536. The van der Waals surface area contributed by atoms with Crippen LogP contribution in [0, 0.1) is 12.8 Å². The molecule has 0 amide bonds. The van der Waals surface area contributed by atoms with Gasteiger partial charge in [0.2, 0.25) is 0 Å². The maximum atomic E-state index is 13.1. The molecule has 2 aliphatic heterocycles. The molecule has 3 aromatic rings. The van der Waals surface area contributed by atoms with E-state index in [1.54, 1.807) is 24.0 Å². The average molecular weight is 495 g/mol. The van der Waals surface area contributed by atoms with Gasteiger partial charge in [0.15, 0.2) is 11.9 Å². The Hall–Kier alpha value is -2.84. The van der Waals surface area contributed by atoms with Gasteiger partial charge in [0, 0.05) is 44.0 Å². The molecule has 2 aliphatic rings. The summed E-state index contributed by atoms with van der Waals surface area (Å²) in [6, 6.07) is 8.43. The number of hydrogen-bond acceptors (Lipinski definition) is 6. The zero-order valence-corrected chi connectivity index (χ0v) is 22.0. The van der Waals surface area contributed by atoms with E-state index >= 15 is 0 Å². The summed E-state index contributed by atoms with van der Waals surface area (Å²) in [5.74, 6) is 0.841. The summed E-state index contributed by atoms with van der Waals surface area (Å²) >= 11 is 0. The summed E-state index contributed by atoms with van der Waals surface area (Å²) in [4.78, 5) is 20.6. The zero-order chi connectivity index (χ0) is 25.7. The molecule has 7 nitrogen and oxygen atoms in total. The number of piperidine rings is 1. The van der Waals surface area contributed by atoms with Crippen LogP contribution in [0.1, 0.15) is 66.3 Å². The highest BCUT2D eigenvalue weighted by molar-refractivity contribution is 5.81. The number of alkyl halides is 1. The number of pyridine rings is 1. The highest BCUT2D eigenvalue weighted by atomic mass is 19.1. The van der Waals surface area contributed by atoms with Gasteiger partial charge in [0.05, 0.1) is 5.69 Å². The molecule has 4 heterocycles. The van der Waals surface area contributed by atoms with Crippen molar-refractivity contribution in [1.82, 2.24) is 24.8 Å². The van der Waals surface area contributed by atoms with Gasteiger partial charge in [-0.3, -0.25) is 9.69 Å². The smallest absolute Gasteiger partial charge is 0.178 e. The van der Waals surface area contributed by atoms with Crippen LogP contribution in [-0.4, -0.2) is 65.1 Å². The highest BCUT2D eigenvalue weighted by Crippen LogP contribution is 2.29. The summed E-state index contributed by atoms with van der Waals surface area (Å²) in [6.07, 6.45) is 6.97. The van der Waals surface area contributed by atoms with E-state index in [-0.39, 0.29) is 0 Å². The number of nitrogens with zero attached hydrogens (tertiary/aromatic N) is 5. The number of carbonyl (C=O) groups is 1. The Labute approximate surface area is 213 Å². The largest absolute Gasteiger partial charge is 0.368 e. The van der Waals surface area contributed by atoms with E-state index < -0.39 is 6.17 Å². The molecule has 0 saturated carbocycles. The van der Waals surface area contributed by atoms with Gasteiger partial charge in [-0.1, -0.05) is 25.1 Å². The number of carbonyl (C=O) groups excluding carboxylic acids is 1. The van der Waals surface area contributed by atoms with Crippen molar-refractivity contribution in [2.75, 3.05) is 38.1 Å². The third-order valence-corrected chi connectivity index (χ3v) is 7.57. The Morgan fingerprint density at radius 2 is 2.00 bits per heavy atom. The third-order valence-electron chi connectivity index (χ3n) is 7.57. The number of benzene rings is 1.